The summed E-state index contributed by atoms with van der Waals surface area (Å²) in [5.74, 6) is -1.17. The average molecular weight is 687 g/mol. The number of aliphatic hydroxyl groups is 1. The van der Waals surface area contributed by atoms with Crippen LogP contribution in [0.4, 0.5) is 0 Å². The molecule has 0 aliphatic heterocycles. The number of rotatable bonds is 17. The lowest BCUT2D eigenvalue weighted by atomic mass is 9.95. The summed E-state index contributed by atoms with van der Waals surface area (Å²) in [5.41, 5.74) is 3.20. The normalized spacial score (nSPS) is 12.6. The molecule has 0 bridgehead atoms. The number of thiophene rings is 1. The van der Waals surface area contributed by atoms with Gasteiger partial charge >= 0.3 is 5.97 Å². The van der Waals surface area contributed by atoms with Crippen molar-refractivity contribution in [2.45, 2.75) is 83.7 Å². The lowest BCUT2D eigenvalue weighted by Gasteiger charge is -2.21. The van der Waals surface area contributed by atoms with Gasteiger partial charge < -0.3 is 25.6 Å². The molecule has 4 N–H and O–H groups in total. The van der Waals surface area contributed by atoms with E-state index in [0.29, 0.717) is 17.3 Å². The molecular weight excluding hydrogens is 641 g/mol. The Balaban J connectivity index is 1.41. The monoisotopic (exact) mass is 686 g/mol. The molecule has 0 radical (unpaired) electrons. The topological polar surface area (TPSA) is 151 Å². The molecule has 2 aromatic carbocycles. The minimum absolute atomic E-state index is 0.0888. The second-order valence-corrected chi connectivity index (χ2v) is 14.1. The highest BCUT2D eigenvalue weighted by Crippen LogP contribution is 2.29. The Hall–Kier alpha value is -4.61. The minimum atomic E-state index is -1.50. The van der Waals surface area contributed by atoms with Crippen molar-refractivity contribution in [3.05, 3.63) is 88.4 Å². The Morgan fingerprint density at radius 1 is 0.816 bits per heavy atom. The Kier molecular flexibility index (Phi) is 13.4. The Morgan fingerprint density at radius 2 is 1.47 bits per heavy atom. The van der Waals surface area contributed by atoms with Crippen LogP contribution in [0.5, 0.6) is 5.75 Å². The SMILES string of the molecule is CCCCCCCOc1ccc(-c2cnc(-c3ccc(CC(NC(=O)c4ccc(C(C)(C)C)s4)C(=O)NC(CO)C(=O)O)cc3)nc2)cc1. The lowest BCUT2D eigenvalue weighted by molar-refractivity contribution is -0.143. The third-order valence-electron chi connectivity index (χ3n) is 8.00. The summed E-state index contributed by atoms with van der Waals surface area (Å²) < 4.78 is 5.88. The maximum Gasteiger partial charge on any atom is 0.328 e. The van der Waals surface area contributed by atoms with Crippen LogP contribution in [0.2, 0.25) is 0 Å². The first-order valence-electron chi connectivity index (χ1n) is 16.7. The highest BCUT2D eigenvalue weighted by atomic mass is 32.1. The molecule has 10 nitrogen and oxygen atoms in total. The fourth-order valence-electron chi connectivity index (χ4n) is 5.05. The van der Waals surface area contributed by atoms with Gasteiger partial charge in [-0.25, -0.2) is 14.8 Å². The molecule has 11 heteroatoms. The largest absolute Gasteiger partial charge is 0.494 e. The van der Waals surface area contributed by atoms with Crippen molar-refractivity contribution in [1.82, 2.24) is 20.6 Å². The number of benzene rings is 2. The quantitative estimate of drug-likeness (QED) is 0.0930. The van der Waals surface area contributed by atoms with E-state index in [1.807, 2.05) is 75.4 Å². The van der Waals surface area contributed by atoms with Crippen LogP contribution in [0.3, 0.4) is 0 Å². The Labute approximate surface area is 292 Å². The second-order valence-electron chi connectivity index (χ2n) is 13.0. The van der Waals surface area contributed by atoms with Gasteiger partial charge in [0.2, 0.25) is 5.91 Å². The Morgan fingerprint density at radius 3 is 2.06 bits per heavy atom. The van der Waals surface area contributed by atoms with Crippen molar-refractivity contribution in [1.29, 1.82) is 0 Å². The van der Waals surface area contributed by atoms with Gasteiger partial charge in [0.25, 0.3) is 5.91 Å². The van der Waals surface area contributed by atoms with E-state index >= 15 is 0 Å². The van der Waals surface area contributed by atoms with E-state index in [2.05, 4.69) is 27.5 Å². The summed E-state index contributed by atoms with van der Waals surface area (Å²) >= 11 is 1.34. The molecule has 49 heavy (non-hydrogen) atoms. The van der Waals surface area contributed by atoms with Crippen molar-refractivity contribution in [3.8, 4) is 28.3 Å². The van der Waals surface area contributed by atoms with Crippen LogP contribution in [-0.2, 0) is 21.4 Å². The van der Waals surface area contributed by atoms with Crippen LogP contribution >= 0.6 is 11.3 Å². The smallest absolute Gasteiger partial charge is 0.328 e. The van der Waals surface area contributed by atoms with Crippen LogP contribution in [0, 0.1) is 0 Å². The first-order valence-corrected chi connectivity index (χ1v) is 17.5. The number of nitrogens with zero attached hydrogens (tertiary/aromatic N) is 2. The zero-order valence-corrected chi connectivity index (χ0v) is 29.4. The number of aliphatic carboxylic acids is 1. The number of aromatic nitrogens is 2. The van der Waals surface area contributed by atoms with Crippen molar-refractivity contribution in [2.24, 2.45) is 0 Å². The number of amides is 2. The molecule has 2 unspecified atom stereocenters. The first-order chi connectivity index (χ1) is 23.5. The first kappa shape index (κ1) is 37.2. The molecule has 0 fully saturated rings. The van der Waals surface area contributed by atoms with Crippen LogP contribution in [0.15, 0.2) is 73.1 Å². The van der Waals surface area contributed by atoms with Crippen molar-refractivity contribution >= 4 is 29.1 Å². The van der Waals surface area contributed by atoms with Crippen molar-refractivity contribution in [3.63, 3.8) is 0 Å². The van der Waals surface area contributed by atoms with Gasteiger partial charge in [-0.15, -0.1) is 11.3 Å². The van der Waals surface area contributed by atoms with E-state index in [9.17, 15) is 24.6 Å². The summed E-state index contributed by atoms with van der Waals surface area (Å²) in [6, 6.07) is 16.2. The molecule has 4 aromatic rings. The number of carboxylic acids is 1. The van der Waals surface area contributed by atoms with Crippen LogP contribution in [-0.4, -0.2) is 63.3 Å². The number of hydrogen-bond donors (Lipinski definition) is 4. The van der Waals surface area contributed by atoms with E-state index < -0.39 is 36.5 Å². The van der Waals surface area contributed by atoms with E-state index in [4.69, 9.17) is 4.74 Å². The third kappa shape index (κ3) is 11.0. The maximum absolute atomic E-state index is 13.2. The van der Waals surface area contributed by atoms with E-state index in [-0.39, 0.29) is 11.8 Å². The zero-order valence-electron chi connectivity index (χ0n) is 28.6. The van der Waals surface area contributed by atoms with Gasteiger partial charge in [-0.3, -0.25) is 9.59 Å². The van der Waals surface area contributed by atoms with Gasteiger partial charge in [0.05, 0.1) is 18.1 Å². The highest BCUT2D eigenvalue weighted by molar-refractivity contribution is 7.14. The fourth-order valence-corrected chi connectivity index (χ4v) is 6.02. The van der Waals surface area contributed by atoms with Crippen molar-refractivity contribution in [2.75, 3.05) is 13.2 Å². The number of aliphatic hydroxyl groups excluding tert-OH is 1. The number of nitrogens with one attached hydrogen (secondary N) is 2. The van der Waals surface area contributed by atoms with Gasteiger partial charge in [-0.1, -0.05) is 89.8 Å². The number of carbonyl (C=O) groups excluding carboxylic acids is 2. The van der Waals surface area contributed by atoms with Crippen LogP contribution in [0.25, 0.3) is 22.5 Å². The molecule has 2 amide bonds. The number of hydrogen-bond acceptors (Lipinski definition) is 8. The summed E-state index contributed by atoms with van der Waals surface area (Å²) in [7, 11) is 0. The molecule has 0 aliphatic carbocycles. The number of carboxylic acid groups (broad SMARTS) is 1. The van der Waals surface area contributed by atoms with Gasteiger partial charge in [-0.05, 0) is 47.2 Å². The average Bonchev–Trinajstić information content (AvgIpc) is 3.61. The Bertz CT molecular complexity index is 1660. The molecule has 2 atom stereocenters. The van der Waals surface area contributed by atoms with Crippen molar-refractivity contribution < 1.29 is 29.3 Å². The zero-order chi connectivity index (χ0) is 35.4. The van der Waals surface area contributed by atoms with Crippen LogP contribution in [0.1, 0.15) is 79.9 Å². The maximum atomic E-state index is 13.2. The molecule has 0 saturated heterocycles. The summed E-state index contributed by atoms with van der Waals surface area (Å²) in [6.45, 7) is 8.28. The standard InChI is InChI=1S/C38H46N4O6S/c1-5-6-7-8-9-20-48-29-16-14-26(15-17-29)28-22-39-34(40-23-28)27-12-10-25(11-13-27)21-30(35(44)42-31(24-43)37(46)47)41-36(45)32-18-19-33(49-32)38(2,3)4/h10-19,22-23,30-31,43H,5-9,20-21,24H2,1-4H3,(H,41,45)(H,42,44)(H,46,47). The summed E-state index contributed by atoms with van der Waals surface area (Å²) in [4.78, 5) is 48.4. The number of unbranched alkanes of at least 4 members (excludes halogenated alkanes) is 4. The van der Waals surface area contributed by atoms with Gasteiger partial charge in [0.15, 0.2) is 5.82 Å². The molecule has 0 spiro atoms. The number of carbonyl (C=O) groups is 3. The molecular formula is C38H46N4O6S. The van der Waals surface area contributed by atoms with E-state index in [1.54, 1.807) is 18.5 Å². The summed E-state index contributed by atoms with van der Waals surface area (Å²) in [6.07, 6.45) is 9.60. The predicted molar refractivity (Wildman–Crippen MR) is 192 cm³/mol. The predicted octanol–water partition coefficient (Wildman–Crippen LogP) is 6.42. The lowest BCUT2D eigenvalue weighted by Crippen LogP contribution is -2.53. The molecule has 260 valence electrons. The van der Waals surface area contributed by atoms with Gasteiger partial charge in [-0.2, -0.15) is 0 Å². The third-order valence-corrected chi connectivity index (χ3v) is 9.51. The number of ether oxygens (including phenoxy) is 1. The highest BCUT2D eigenvalue weighted by Gasteiger charge is 2.28. The molecule has 0 aliphatic rings. The summed E-state index contributed by atoms with van der Waals surface area (Å²) in [5, 5.41) is 23.9. The van der Waals surface area contributed by atoms with E-state index in [0.717, 1.165) is 39.3 Å². The van der Waals surface area contributed by atoms with E-state index in [1.165, 1.54) is 37.0 Å². The van der Waals surface area contributed by atoms with Crippen LogP contribution < -0.4 is 15.4 Å². The van der Waals surface area contributed by atoms with Gasteiger partial charge in [0.1, 0.15) is 17.8 Å². The van der Waals surface area contributed by atoms with Gasteiger partial charge in [0, 0.05) is 34.8 Å². The molecule has 2 aromatic heterocycles. The minimum Gasteiger partial charge on any atom is -0.494 e. The fraction of sp³-hybridized carbons (Fsp3) is 0.395. The molecule has 2 heterocycles. The molecule has 0 saturated carbocycles. The molecule has 4 rings (SSSR count). The second kappa shape index (κ2) is 17.7.